The van der Waals surface area contributed by atoms with Crippen molar-refractivity contribution in [3.8, 4) is 5.75 Å². The average Bonchev–Trinajstić information content (AvgIpc) is 2.29. The van der Waals surface area contributed by atoms with Crippen molar-refractivity contribution >= 4 is 16.6 Å². The lowest BCUT2D eigenvalue weighted by atomic mass is 10.1. The quantitative estimate of drug-likeness (QED) is 0.881. The van der Waals surface area contributed by atoms with Crippen LogP contribution in [0.5, 0.6) is 5.75 Å². The Morgan fingerprint density at radius 3 is 2.71 bits per heavy atom. The van der Waals surface area contributed by atoms with Crippen LogP contribution >= 0.6 is 0 Å². The predicted molar refractivity (Wildman–Crippen MR) is 71.3 cm³/mol. The van der Waals surface area contributed by atoms with Crippen LogP contribution in [0.2, 0.25) is 0 Å². The molecule has 2 N–H and O–H groups in total. The van der Waals surface area contributed by atoms with Crippen molar-refractivity contribution in [1.29, 1.82) is 0 Å². The number of ether oxygens (including phenoxy) is 1. The summed E-state index contributed by atoms with van der Waals surface area (Å²) in [6.07, 6.45) is 1.06. The molecule has 3 nitrogen and oxygen atoms in total. The molecule has 17 heavy (non-hydrogen) atoms. The van der Waals surface area contributed by atoms with Gasteiger partial charge in [-0.25, -0.2) is 0 Å². The SMILES string of the molecule is CCc1cc(N)c2cc(OC(C)C)ccc2n1. The van der Waals surface area contributed by atoms with Crippen LogP contribution in [0.25, 0.3) is 10.9 Å². The largest absolute Gasteiger partial charge is 0.491 e. The van der Waals surface area contributed by atoms with Crippen LogP contribution in [0.1, 0.15) is 26.5 Å². The molecule has 1 aromatic carbocycles. The molecule has 0 aliphatic heterocycles. The molecule has 0 aliphatic carbocycles. The molecule has 0 bridgehead atoms. The Labute approximate surface area is 102 Å². The van der Waals surface area contributed by atoms with Crippen molar-refractivity contribution in [2.75, 3.05) is 5.73 Å². The standard InChI is InChI=1S/C14H18N2O/c1-4-10-7-13(15)12-8-11(17-9(2)3)5-6-14(12)16-10/h5-9H,4H2,1-3H3,(H2,15,16). The first-order chi connectivity index (χ1) is 8.10. The molecule has 0 atom stereocenters. The maximum Gasteiger partial charge on any atom is 0.120 e. The van der Waals surface area contributed by atoms with E-state index in [4.69, 9.17) is 10.5 Å². The number of aryl methyl sites for hydroxylation is 1. The minimum atomic E-state index is 0.163. The lowest BCUT2D eigenvalue weighted by Gasteiger charge is -2.11. The lowest BCUT2D eigenvalue weighted by molar-refractivity contribution is 0.243. The van der Waals surface area contributed by atoms with Gasteiger partial charge in [0.2, 0.25) is 0 Å². The number of benzene rings is 1. The van der Waals surface area contributed by atoms with Gasteiger partial charge in [0.05, 0.1) is 11.6 Å². The smallest absolute Gasteiger partial charge is 0.120 e. The Hall–Kier alpha value is -1.77. The van der Waals surface area contributed by atoms with Crippen LogP contribution in [-0.2, 0) is 6.42 Å². The zero-order chi connectivity index (χ0) is 12.4. The van der Waals surface area contributed by atoms with Gasteiger partial charge in [-0.15, -0.1) is 0 Å². The van der Waals surface area contributed by atoms with Crippen LogP contribution in [0.3, 0.4) is 0 Å². The fourth-order valence-corrected chi connectivity index (χ4v) is 1.81. The first-order valence-electron chi connectivity index (χ1n) is 5.96. The Kier molecular flexibility index (Phi) is 3.18. The molecular formula is C14H18N2O. The second-order valence-electron chi connectivity index (χ2n) is 4.40. The normalized spacial score (nSPS) is 11.1. The highest BCUT2D eigenvalue weighted by Gasteiger charge is 2.05. The van der Waals surface area contributed by atoms with Crippen LogP contribution in [-0.4, -0.2) is 11.1 Å². The van der Waals surface area contributed by atoms with E-state index in [0.717, 1.165) is 34.5 Å². The van der Waals surface area contributed by atoms with Crippen molar-refractivity contribution in [2.24, 2.45) is 0 Å². The first-order valence-corrected chi connectivity index (χ1v) is 5.96. The molecule has 0 spiro atoms. The minimum Gasteiger partial charge on any atom is -0.491 e. The summed E-state index contributed by atoms with van der Waals surface area (Å²) in [6.45, 7) is 6.09. The second-order valence-corrected chi connectivity index (χ2v) is 4.40. The molecule has 0 radical (unpaired) electrons. The molecular weight excluding hydrogens is 212 g/mol. The van der Waals surface area contributed by atoms with Crippen LogP contribution in [0.15, 0.2) is 24.3 Å². The highest BCUT2D eigenvalue weighted by molar-refractivity contribution is 5.91. The number of nitrogens with zero attached hydrogens (tertiary/aromatic N) is 1. The minimum absolute atomic E-state index is 0.163. The number of hydrogen-bond donors (Lipinski definition) is 1. The topological polar surface area (TPSA) is 48.1 Å². The summed E-state index contributed by atoms with van der Waals surface area (Å²) in [6, 6.07) is 7.79. The fraction of sp³-hybridized carbons (Fsp3) is 0.357. The molecule has 0 aliphatic rings. The number of nitrogen functional groups attached to an aromatic ring is 1. The third-order valence-corrected chi connectivity index (χ3v) is 2.60. The highest BCUT2D eigenvalue weighted by Crippen LogP contribution is 2.26. The molecule has 0 unspecified atom stereocenters. The Balaban J connectivity index is 2.50. The van der Waals surface area contributed by atoms with Gasteiger partial charge in [-0.3, -0.25) is 4.98 Å². The van der Waals surface area contributed by atoms with E-state index in [1.807, 2.05) is 38.1 Å². The maximum absolute atomic E-state index is 6.04. The summed E-state index contributed by atoms with van der Waals surface area (Å²) < 4.78 is 5.65. The number of pyridine rings is 1. The van der Waals surface area contributed by atoms with Gasteiger partial charge >= 0.3 is 0 Å². The maximum atomic E-state index is 6.04. The van der Waals surface area contributed by atoms with Gasteiger partial charge in [-0.2, -0.15) is 0 Å². The number of rotatable bonds is 3. The van der Waals surface area contributed by atoms with E-state index < -0.39 is 0 Å². The average molecular weight is 230 g/mol. The summed E-state index contributed by atoms with van der Waals surface area (Å²) >= 11 is 0. The zero-order valence-corrected chi connectivity index (χ0v) is 10.5. The molecule has 0 saturated heterocycles. The van der Waals surface area contributed by atoms with Crippen molar-refractivity contribution in [3.63, 3.8) is 0 Å². The summed E-state index contributed by atoms with van der Waals surface area (Å²) in [5.74, 6) is 0.838. The van der Waals surface area contributed by atoms with E-state index >= 15 is 0 Å². The molecule has 1 aromatic heterocycles. The van der Waals surface area contributed by atoms with E-state index in [0.29, 0.717) is 0 Å². The van der Waals surface area contributed by atoms with E-state index in [-0.39, 0.29) is 6.10 Å². The van der Waals surface area contributed by atoms with Gasteiger partial charge in [-0.05, 0) is 44.5 Å². The monoisotopic (exact) mass is 230 g/mol. The number of nitrogens with two attached hydrogens (primary N) is 1. The summed E-state index contributed by atoms with van der Waals surface area (Å²) in [7, 11) is 0. The highest BCUT2D eigenvalue weighted by atomic mass is 16.5. The lowest BCUT2D eigenvalue weighted by Crippen LogP contribution is -2.05. The van der Waals surface area contributed by atoms with E-state index in [2.05, 4.69) is 11.9 Å². The van der Waals surface area contributed by atoms with E-state index in [9.17, 15) is 0 Å². The fourth-order valence-electron chi connectivity index (χ4n) is 1.81. The third kappa shape index (κ3) is 2.49. The van der Waals surface area contributed by atoms with Crippen LogP contribution in [0, 0.1) is 0 Å². The number of fused-ring (bicyclic) bond motifs is 1. The molecule has 1 heterocycles. The number of anilines is 1. The van der Waals surface area contributed by atoms with Crippen LogP contribution < -0.4 is 10.5 Å². The summed E-state index contributed by atoms with van der Waals surface area (Å²) in [4.78, 5) is 4.54. The molecule has 0 amide bonds. The van der Waals surface area contributed by atoms with Crippen LogP contribution in [0.4, 0.5) is 5.69 Å². The van der Waals surface area contributed by atoms with Gasteiger partial charge in [0.25, 0.3) is 0 Å². The van der Waals surface area contributed by atoms with Crippen molar-refractivity contribution in [1.82, 2.24) is 4.98 Å². The molecule has 0 saturated carbocycles. The summed E-state index contributed by atoms with van der Waals surface area (Å²) in [5, 5.41) is 0.959. The van der Waals surface area contributed by atoms with Crippen molar-refractivity contribution in [2.45, 2.75) is 33.3 Å². The third-order valence-electron chi connectivity index (χ3n) is 2.60. The van der Waals surface area contributed by atoms with Gasteiger partial charge in [-0.1, -0.05) is 6.92 Å². The van der Waals surface area contributed by atoms with Gasteiger partial charge in [0.1, 0.15) is 5.75 Å². The molecule has 2 rings (SSSR count). The van der Waals surface area contributed by atoms with Gasteiger partial charge < -0.3 is 10.5 Å². The van der Waals surface area contributed by atoms with Gasteiger partial charge in [0, 0.05) is 16.8 Å². The van der Waals surface area contributed by atoms with Gasteiger partial charge in [0.15, 0.2) is 0 Å². The molecule has 90 valence electrons. The first kappa shape index (κ1) is 11.7. The van der Waals surface area contributed by atoms with E-state index in [1.54, 1.807) is 0 Å². The van der Waals surface area contributed by atoms with Crippen molar-refractivity contribution < 1.29 is 4.74 Å². The predicted octanol–water partition coefficient (Wildman–Crippen LogP) is 3.17. The molecule has 0 fully saturated rings. The summed E-state index contributed by atoms with van der Waals surface area (Å²) in [5.41, 5.74) is 8.75. The Morgan fingerprint density at radius 2 is 2.06 bits per heavy atom. The number of aromatic nitrogens is 1. The number of hydrogen-bond acceptors (Lipinski definition) is 3. The second kappa shape index (κ2) is 4.62. The Morgan fingerprint density at radius 1 is 1.29 bits per heavy atom. The van der Waals surface area contributed by atoms with E-state index in [1.165, 1.54) is 0 Å². The zero-order valence-electron chi connectivity index (χ0n) is 10.5. The molecule has 2 aromatic rings. The molecule has 3 heteroatoms. The van der Waals surface area contributed by atoms with Crippen molar-refractivity contribution in [3.05, 3.63) is 30.0 Å². The Bertz CT molecular complexity index is 535.